The predicted molar refractivity (Wildman–Crippen MR) is 119 cm³/mol. The molecule has 0 radical (unpaired) electrons. The van der Waals surface area contributed by atoms with E-state index in [1.165, 1.54) is 26.2 Å². The smallest absolute Gasteiger partial charge is 0.265 e. The number of carbonyl (C=O) groups is 1. The maximum absolute atomic E-state index is 13.8. The van der Waals surface area contributed by atoms with E-state index in [2.05, 4.69) is 20.4 Å². The first-order chi connectivity index (χ1) is 15.5. The van der Waals surface area contributed by atoms with Gasteiger partial charge in [0.2, 0.25) is 0 Å². The highest BCUT2D eigenvalue weighted by molar-refractivity contribution is 5.94. The van der Waals surface area contributed by atoms with Crippen LogP contribution < -0.4 is 15.0 Å². The van der Waals surface area contributed by atoms with Gasteiger partial charge in [-0.2, -0.15) is 0 Å². The maximum atomic E-state index is 13.8. The topological polar surface area (TPSA) is 67.3 Å². The number of hydrogen-bond donors (Lipinski definition) is 1. The van der Waals surface area contributed by atoms with Crippen LogP contribution in [0.1, 0.15) is 26.2 Å². The first-order valence-electron chi connectivity index (χ1n) is 10.6. The highest BCUT2D eigenvalue weighted by Gasteiger charge is 2.18. The molecule has 1 N–H and O–H groups in total. The Morgan fingerprint density at radius 1 is 1.03 bits per heavy atom. The molecular formula is C24H24F2N4O2. The number of amides is 1. The number of hydrogen-bond acceptors (Lipinski definition) is 5. The van der Waals surface area contributed by atoms with Crippen molar-refractivity contribution in [2.75, 3.05) is 23.3 Å². The van der Waals surface area contributed by atoms with E-state index in [1.54, 1.807) is 18.2 Å². The molecule has 1 aromatic heterocycles. The standard InChI is InChI=1S/C24H24F2N4O2/c1-16(32-22-10-8-18(25)15-20(22)26)24(31)27-19-7-5-6-17(14-19)21-9-11-23(29-28-21)30-12-3-2-4-13-30/h5-11,14-16H,2-4,12-13H2,1H3,(H,27,31). The zero-order valence-corrected chi connectivity index (χ0v) is 17.7. The van der Waals surface area contributed by atoms with E-state index in [1.807, 2.05) is 18.2 Å². The second kappa shape index (κ2) is 9.72. The molecule has 1 amide bonds. The molecule has 1 fully saturated rings. The monoisotopic (exact) mass is 438 g/mol. The molecule has 1 atom stereocenters. The van der Waals surface area contributed by atoms with Crippen LogP contribution >= 0.6 is 0 Å². The van der Waals surface area contributed by atoms with Crippen molar-refractivity contribution in [1.82, 2.24) is 10.2 Å². The molecule has 0 aliphatic carbocycles. The summed E-state index contributed by atoms with van der Waals surface area (Å²) in [4.78, 5) is 14.7. The molecule has 0 bridgehead atoms. The van der Waals surface area contributed by atoms with Gasteiger partial charge in [-0.25, -0.2) is 8.78 Å². The third kappa shape index (κ3) is 5.19. The first-order valence-corrected chi connectivity index (χ1v) is 10.6. The molecule has 166 valence electrons. The summed E-state index contributed by atoms with van der Waals surface area (Å²) in [6.07, 6.45) is 2.60. The highest BCUT2D eigenvalue weighted by Crippen LogP contribution is 2.24. The van der Waals surface area contributed by atoms with Gasteiger partial charge in [0, 0.05) is 30.4 Å². The van der Waals surface area contributed by atoms with Crippen LogP contribution in [0.5, 0.6) is 5.75 Å². The molecular weight excluding hydrogens is 414 g/mol. The summed E-state index contributed by atoms with van der Waals surface area (Å²) in [7, 11) is 0. The van der Waals surface area contributed by atoms with E-state index in [0.717, 1.165) is 36.6 Å². The van der Waals surface area contributed by atoms with Crippen LogP contribution in [-0.2, 0) is 4.79 Å². The van der Waals surface area contributed by atoms with Crippen LogP contribution in [0.4, 0.5) is 20.3 Å². The minimum atomic E-state index is -0.984. The van der Waals surface area contributed by atoms with E-state index >= 15 is 0 Å². The van der Waals surface area contributed by atoms with Crippen molar-refractivity contribution in [3.8, 4) is 17.0 Å². The zero-order valence-electron chi connectivity index (χ0n) is 17.7. The number of nitrogens with zero attached hydrogens (tertiary/aromatic N) is 3. The SMILES string of the molecule is CC(Oc1ccc(F)cc1F)C(=O)Nc1cccc(-c2ccc(N3CCCCC3)nn2)c1. The zero-order chi connectivity index (χ0) is 22.5. The van der Waals surface area contributed by atoms with Gasteiger partial charge in [0.1, 0.15) is 5.82 Å². The van der Waals surface area contributed by atoms with Gasteiger partial charge in [0.05, 0.1) is 5.69 Å². The first kappa shape index (κ1) is 21.7. The Morgan fingerprint density at radius 2 is 1.84 bits per heavy atom. The van der Waals surface area contributed by atoms with Gasteiger partial charge in [-0.3, -0.25) is 4.79 Å². The van der Waals surface area contributed by atoms with Gasteiger partial charge < -0.3 is 15.0 Å². The molecule has 4 rings (SSSR count). The van der Waals surface area contributed by atoms with Crippen molar-refractivity contribution in [1.29, 1.82) is 0 Å². The Kier molecular flexibility index (Phi) is 6.58. The molecule has 32 heavy (non-hydrogen) atoms. The lowest BCUT2D eigenvalue weighted by Gasteiger charge is -2.27. The van der Waals surface area contributed by atoms with Gasteiger partial charge in [-0.1, -0.05) is 12.1 Å². The van der Waals surface area contributed by atoms with Crippen LogP contribution in [0.3, 0.4) is 0 Å². The summed E-state index contributed by atoms with van der Waals surface area (Å²) in [6, 6.07) is 14.0. The molecule has 3 aromatic rings. The Hall–Kier alpha value is -3.55. The van der Waals surface area contributed by atoms with Gasteiger partial charge in [-0.15, -0.1) is 10.2 Å². The Bertz CT molecular complexity index is 1090. The van der Waals surface area contributed by atoms with Crippen molar-refractivity contribution >= 4 is 17.4 Å². The fourth-order valence-electron chi connectivity index (χ4n) is 3.59. The van der Waals surface area contributed by atoms with Gasteiger partial charge in [-0.05, 0) is 62.6 Å². The Balaban J connectivity index is 1.41. The molecule has 2 aromatic carbocycles. The number of halogens is 2. The second-order valence-corrected chi connectivity index (χ2v) is 7.73. The molecule has 1 saturated heterocycles. The van der Waals surface area contributed by atoms with Crippen molar-refractivity contribution in [2.45, 2.75) is 32.3 Å². The molecule has 6 nitrogen and oxygen atoms in total. The third-order valence-electron chi connectivity index (χ3n) is 5.32. The highest BCUT2D eigenvalue weighted by atomic mass is 19.1. The number of anilines is 2. The minimum Gasteiger partial charge on any atom is -0.478 e. The van der Waals surface area contributed by atoms with Crippen molar-refractivity contribution < 1.29 is 18.3 Å². The number of nitrogens with one attached hydrogen (secondary N) is 1. The van der Waals surface area contributed by atoms with E-state index < -0.39 is 23.6 Å². The minimum absolute atomic E-state index is 0.188. The summed E-state index contributed by atoms with van der Waals surface area (Å²) < 4.78 is 32.2. The fraction of sp³-hybridized carbons (Fsp3) is 0.292. The number of benzene rings is 2. The van der Waals surface area contributed by atoms with E-state index in [0.29, 0.717) is 17.4 Å². The number of ether oxygens (including phenoxy) is 1. The summed E-state index contributed by atoms with van der Waals surface area (Å²) in [5, 5.41) is 11.5. The van der Waals surface area contributed by atoms with Gasteiger partial charge in [0.15, 0.2) is 23.5 Å². The normalized spacial score (nSPS) is 14.7. The number of piperidine rings is 1. The van der Waals surface area contributed by atoms with Gasteiger partial charge in [0.25, 0.3) is 5.91 Å². The lowest BCUT2D eigenvalue weighted by Crippen LogP contribution is -2.30. The second-order valence-electron chi connectivity index (χ2n) is 7.73. The molecule has 0 saturated carbocycles. The van der Waals surface area contributed by atoms with E-state index in [-0.39, 0.29) is 5.75 Å². The number of carbonyl (C=O) groups excluding carboxylic acids is 1. The van der Waals surface area contributed by atoms with E-state index in [4.69, 9.17) is 4.74 Å². The molecule has 2 heterocycles. The Morgan fingerprint density at radius 3 is 2.56 bits per heavy atom. The fourth-order valence-corrected chi connectivity index (χ4v) is 3.59. The average molecular weight is 438 g/mol. The lowest BCUT2D eigenvalue weighted by atomic mass is 10.1. The largest absolute Gasteiger partial charge is 0.478 e. The third-order valence-corrected chi connectivity index (χ3v) is 5.32. The summed E-state index contributed by atoms with van der Waals surface area (Å²) in [5.41, 5.74) is 2.04. The molecule has 1 unspecified atom stereocenters. The van der Waals surface area contributed by atoms with Gasteiger partial charge >= 0.3 is 0 Å². The van der Waals surface area contributed by atoms with Crippen LogP contribution in [0.15, 0.2) is 54.6 Å². The molecule has 1 aliphatic rings. The lowest BCUT2D eigenvalue weighted by molar-refractivity contribution is -0.122. The Labute approximate surface area is 185 Å². The number of aromatic nitrogens is 2. The number of rotatable bonds is 6. The van der Waals surface area contributed by atoms with Crippen LogP contribution in [0.25, 0.3) is 11.3 Å². The maximum Gasteiger partial charge on any atom is 0.265 e. The summed E-state index contributed by atoms with van der Waals surface area (Å²) >= 11 is 0. The molecule has 1 aliphatic heterocycles. The van der Waals surface area contributed by atoms with Crippen LogP contribution in [0.2, 0.25) is 0 Å². The van der Waals surface area contributed by atoms with E-state index in [9.17, 15) is 13.6 Å². The summed E-state index contributed by atoms with van der Waals surface area (Å²) in [5.74, 6) is -1.35. The van der Waals surface area contributed by atoms with Crippen LogP contribution in [0, 0.1) is 11.6 Å². The van der Waals surface area contributed by atoms with Crippen molar-refractivity contribution in [3.63, 3.8) is 0 Å². The average Bonchev–Trinajstić information content (AvgIpc) is 2.81. The molecule has 0 spiro atoms. The van der Waals surface area contributed by atoms with Crippen LogP contribution in [-0.4, -0.2) is 35.3 Å². The summed E-state index contributed by atoms with van der Waals surface area (Å²) in [6.45, 7) is 3.49. The van der Waals surface area contributed by atoms with Crippen molar-refractivity contribution in [2.24, 2.45) is 0 Å². The molecule has 8 heteroatoms. The quantitative estimate of drug-likeness (QED) is 0.598. The van der Waals surface area contributed by atoms with Crippen molar-refractivity contribution in [3.05, 3.63) is 66.2 Å². The predicted octanol–water partition coefficient (Wildman–Crippen LogP) is 4.82.